The van der Waals surface area contributed by atoms with Gasteiger partial charge < -0.3 is 19.5 Å². The molecule has 1 heterocycles. The van der Waals surface area contributed by atoms with Crippen LogP contribution in [0.1, 0.15) is 32.3 Å². The summed E-state index contributed by atoms with van der Waals surface area (Å²) in [5.74, 6) is 2.09. The van der Waals surface area contributed by atoms with Crippen molar-refractivity contribution in [2.75, 3.05) is 33.4 Å². The minimum atomic E-state index is -0.486. The van der Waals surface area contributed by atoms with Gasteiger partial charge in [0.2, 0.25) is 0 Å². The summed E-state index contributed by atoms with van der Waals surface area (Å²) in [6.45, 7) is 7.34. The molecule has 1 aliphatic heterocycles. The lowest BCUT2D eigenvalue weighted by Gasteiger charge is -2.32. The van der Waals surface area contributed by atoms with E-state index in [4.69, 9.17) is 9.47 Å². The Morgan fingerprint density at radius 2 is 2.22 bits per heavy atom. The van der Waals surface area contributed by atoms with Crippen LogP contribution in [0.25, 0.3) is 6.08 Å². The van der Waals surface area contributed by atoms with E-state index in [9.17, 15) is 5.11 Å². The highest BCUT2D eigenvalue weighted by Crippen LogP contribution is 2.28. The van der Waals surface area contributed by atoms with E-state index in [0.29, 0.717) is 18.0 Å². The molecular weight excluding hydrogens is 290 g/mol. The molecule has 23 heavy (non-hydrogen) atoms. The number of rotatable bonds is 7. The van der Waals surface area contributed by atoms with Crippen LogP contribution in [-0.2, 0) is 0 Å². The summed E-state index contributed by atoms with van der Waals surface area (Å²) < 4.78 is 11.1. The number of piperidine rings is 1. The van der Waals surface area contributed by atoms with Crippen LogP contribution in [0.5, 0.6) is 11.5 Å². The summed E-state index contributed by atoms with van der Waals surface area (Å²) in [6.07, 6.45) is 6.02. The number of hydrogen-bond acceptors (Lipinski definition) is 4. The average Bonchev–Trinajstić information content (AvgIpc) is 2.54. The molecule has 1 aromatic rings. The van der Waals surface area contributed by atoms with Crippen molar-refractivity contribution in [3.8, 4) is 11.5 Å². The van der Waals surface area contributed by atoms with Crippen molar-refractivity contribution in [3.05, 3.63) is 29.8 Å². The molecule has 4 nitrogen and oxygen atoms in total. The molecule has 1 aliphatic rings. The van der Waals surface area contributed by atoms with E-state index >= 15 is 0 Å². The third-order valence-electron chi connectivity index (χ3n) is 4.19. The lowest BCUT2D eigenvalue weighted by molar-refractivity contribution is 0.0530. The van der Waals surface area contributed by atoms with Crippen molar-refractivity contribution in [3.63, 3.8) is 0 Å². The smallest absolute Gasteiger partial charge is 0.161 e. The van der Waals surface area contributed by atoms with E-state index in [1.807, 2.05) is 37.3 Å². The first-order valence-corrected chi connectivity index (χ1v) is 8.46. The quantitative estimate of drug-likeness (QED) is 0.838. The first kappa shape index (κ1) is 17.8. The maximum atomic E-state index is 10.2. The van der Waals surface area contributed by atoms with Gasteiger partial charge in [-0.1, -0.05) is 25.1 Å². The predicted molar refractivity (Wildman–Crippen MR) is 94.0 cm³/mol. The van der Waals surface area contributed by atoms with Crippen molar-refractivity contribution in [1.29, 1.82) is 0 Å². The zero-order valence-corrected chi connectivity index (χ0v) is 14.5. The fourth-order valence-corrected chi connectivity index (χ4v) is 3.09. The number of nitrogens with zero attached hydrogens (tertiary/aromatic N) is 1. The van der Waals surface area contributed by atoms with E-state index in [0.717, 1.165) is 24.6 Å². The second-order valence-electron chi connectivity index (χ2n) is 6.38. The molecule has 0 amide bonds. The molecule has 2 rings (SSSR count). The third-order valence-corrected chi connectivity index (χ3v) is 4.19. The first-order chi connectivity index (χ1) is 11.1. The summed E-state index contributed by atoms with van der Waals surface area (Å²) in [7, 11) is 1.63. The van der Waals surface area contributed by atoms with Crippen LogP contribution in [0.2, 0.25) is 0 Å². The van der Waals surface area contributed by atoms with Crippen molar-refractivity contribution < 1.29 is 14.6 Å². The number of benzene rings is 1. The van der Waals surface area contributed by atoms with Crippen LogP contribution in [0.15, 0.2) is 24.3 Å². The molecule has 0 aromatic heterocycles. The van der Waals surface area contributed by atoms with Crippen LogP contribution >= 0.6 is 0 Å². The molecule has 1 saturated heterocycles. The minimum absolute atomic E-state index is 0.282. The minimum Gasteiger partial charge on any atom is -0.493 e. The first-order valence-electron chi connectivity index (χ1n) is 8.46. The normalized spacial score (nSPS) is 20.6. The molecule has 0 saturated carbocycles. The van der Waals surface area contributed by atoms with Crippen molar-refractivity contribution in [2.45, 2.75) is 32.8 Å². The monoisotopic (exact) mass is 319 g/mol. The van der Waals surface area contributed by atoms with Gasteiger partial charge in [-0.3, -0.25) is 0 Å². The topological polar surface area (TPSA) is 41.9 Å². The molecule has 4 heteroatoms. The second-order valence-corrected chi connectivity index (χ2v) is 6.38. The Morgan fingerprint density at radius 1 is 1.39 bits per heavy atom. The number of methoxy groups -OCH3 is 1. The number of aliphatic hydroxyl groups excluding tert-OH is 1. The zero-order valence-electron chi connectivity index (χ0n) is 14.5. The molecular formula is C19H29NO3. The van der Waals surface area contributed by atoms with Crippen molar-refractivity contribution in [1.82, 2.24) is 4.90 Å². The molecule has 0 radical (unpaired) electrons. The highest BCUT2D eigenvalue weighted by atomic mass is 16.5. The zero-order chi connectivity index (χ0) is 16.7. The summed E-state index contributed by atoms with van der Waals surface area (Å²) >= 11 is 0. The predicted octanol–water partition coefficient (Wildman–Crippen LogP) is 3.20. The highest BCUT2D eigenvalue weighted by Gasteiger charge is 2.19. The van der Waals surface area contributed by atoms with Gasteiger partial charge in [0.25, 0.3) is 0 Å². The van der Waals surface area contributed by atoms with E-state index in [-0.39, 0.29) is 6.61 Å². The standard InChI is InChI=1S/C19H29NO3/c1-4-6-16-8-9-18(19(11-16)22-3)23-14-17(21)13-20-10-5-7-15(2)12-20/h4,6,8-9,11,15,17,21H,5,7,10,12-14H2,1-3H3/b6-4+. The number of ether oxygens (including phenoxy) is 2. The van der Waals surface area contributed by atoms with Gasteiger partial charge in [-0.2, -0.15) is 0 Å². The molecule has 1 aromatic carbocycles. The largest absolute Gasteiger partial charge is 0.493 e. The van der Waals surface area contributed by atoms with Crippen molar-refractivity contribution >= 4 is 6.08 Å². The van der Waals surface area contributed by atoms with Gasteiger partial charge in [0, 0.05) is 13.1 Å². The summed E-state index contributed by atoms with van der Waals surface area (Å²) in [4.78, 5) is 2.33. The Labute approximate surface area is 139 Å². The number of β-amino-alcohol motifs (C(OH)–C–C–N with tert-alkyl or cyclic N) is 1. The molecule has 0 aliphatic carbocycles. The van der Waals surface area contributed by atoms with Crippen LogP contribution in [0.4, 0.5) is 0 Å². The lowest BCUT2D eigenvalue weighted by atomic mass is 10.0. The number of aliphatic hydroxyl groups is 1. The summed E-state index contributed by atoms with van der Waals surface area (Å²) in [5, 5.41) is 10.2. The maximum absolute atomic E-state index is 10.2. The highest BCUT2D eigenvalue weighted by molar-refractivity contribution is 5.55. The van der Waals surface area contributed by atoms with Gasteiger partial charge >= 0.3 is 0 Å². The van der Waals surface area contributed by atoms with Gasteiger partial charge in [0.1, 0.15) is 12.7 Å². The van der Waals surface area contributed by atoms with Crippen LogP contribution in [0.3, 0.4) is 0 Å². The van der Waals surface area contributed by atoms with Gasteiger partial charge in [-0.25, -0.2) is 0 Å². The SMILES string of the molecule is C/C=C/c1ccc(OCC(O)CN2CCCC(C)C2)c(OC)c1. The molecule has 128 valence electrons. The van der Waals surface area contributed by atoms with Gasteiger partial charge in [-0.05, 0) is 49.9 Å². The third kappa shape index (κ3) is 5.56. The Hall–Kier alpha value is -1.52. The number of hydrogen-bond donors (Lipinski definition) is 1. The van der Waals surface area contributed by atoms with Crippen LogP contribution in [0, 0.1) is 5.92 Å². The number of likely N-dealkylation sites (tertiary alicyclic amines) is 1. The Kier molecular flexibility index (Phi) is 6.93. The molecule has 1 fully saturated rings. The molecule has 1 N–H and O–H groups in total. The van der Waals surface area contributed by atoms with E-state index in [1.54, 1.807) is 7.11 Å². The Bertz CT molecular complexity index is 515. The van der Waals surface area contributed by atoms with Gasteiger partial charge in [-0.15, -0.1) is 0 Å². The molecule has 2 unspecified atom stereocenters. The van der Waals surface area contributed by atoms with E-state index in [2.05, 4.69) is 11.8 Å². The molecule has 0 spiro atoms. The average molecular weight is 319 g/mol. The van der Waals surface area contributed by atoms with Crippen LogP contribution < -0.4 is 9.47 Å². The summed E-state index contributed by atoms with van der Waals surface area (Å²) in [6, 6.07) is 5.81. The molecule has 2 atom stereocenters. The van der Waals surface area contributed by atoms with Crippen molar-refractivity contribution in [2.24, 2.45) is 5.92 Å². The fraction of sp³-hybridized carbons (Fsp3) is 0.579. The van der Waals surface area contributed by atoms with Gasteiger partial charge in [0.15, 0.2) is 11.5 Å². The van der Waals surface area contributed by atoms with E-state index in [1.165, 1.54) is 12.8 Å². The number of allylic oxidation sites excluding steroid dienone is 1. The summed E-state index contributed by atoms with van der Waals surface area (Å²) in [5.41, 5.74) is 1.07. The lowest BCUT2D eigenvalue weighted by Crippen LogP contribution is -2.41. The second kappa shape index (κ2) is 8.94. The van der Waals surface area contributed by atoms with E-state index < -0.39 is 6.10 Å². The van der Waals surface area contributed by atoms with Gasteiger partial charge in [0.05, 0.1) is 7.11 Å². The fourth-order valence-electron chi connectivity index (χ4n) is 3.09. The Balaban J connectivity index is 1.87. The maximum Gasteiger partial charge on any atom is 0.161 e. The Morgan fingerprint density at radius 3 is 2.91 bits per heavy atom. The van der Waals surface area contributed by atoms with Crippen LogP contribution in [-0.4, -0.2) is 49.5 Å². The molecule has 0 bridgehead atoms.